The van der Waals surface area contributed by atoms with Gasteiger partial charge in [-0.3, -0.25) is 19.2 Å². The second-order valence-corrected chi connectivity index (χ2v) is 5.95. The summed E-state index contributed by atoms with van der Waals surface area (Å²) in [5.41, 5.74) is 10.2. The van der Waals surface area contributed by atoms with E-state index in [1.165, 1.54) is 0 Å². The molecule has 4 unspecified atom stereocenters. The Morgan fingerprint density at radius 2 is 1.56 bits per heavy atom. The van der Waals surface area contributed by atoms with Crippen molar-refractivity contribution < 1.29 is 34.2 Å². The number of amides is 4. The average Bonchev–Trinajstić information content (AvgIpc) is 2.61. The molecule has 0 aliphatic heterocycles. The molecule has 0 rings (SSSR count). The van der Waals surface area contributed by atoms with Gasteiger partial charge < -0.3 is 37.6 Å². The van der Waals surface area contributed by atoms with E-state index in [1.54, 1.807) is 13.8 Å². The third-order valence-corrected chi connectivity index (χ3v) is 3.83. The predicted octanol–water partition coefficient (Wildman–Crippen LogP) is -3.60. The number of aliphatic hydroxyl groups is 1. The van der Waals surface area contributed by atoms with Crippen molar-refractivity contribution in [2.75, 3.05) is 13.2 Å². The van der Waals surface area contributed by atoms with Crippen molar-refractivity contribution in [3.05, 3.63) is 0 Å². The summed E-state index contributed by atoms with van der Waals surface area (Å²) in [7, 11) is 0. The highest BCUT2D eigenvalue weighted by molar-refractivity contribution is 5.95. The van der Waals surface area contributed by atoms with Crippen LogP contribution < -0.4 is 27.4 Å². The highest BCUT2D eigenvalue weighted by atomic mass is 16.4. The lowest BCUT2D eigenvalue weighted by Crippen LogP contribution is -2.58. The largest absolute Gasteiger partial charge is 0.480 e. The normalized spacial score (nSPS) is 15.0. The Labute approximate surface area is 156 Å². The van der Waals surface area contributed by atoms with Gasteiger partial charge in [0.2, 0.25) is 23.6 Å². The van der Waals surface area contributed by atoms with E-state index in [0.29, 0.717) is 6.42 Å². The summed E-state index contributed by atoms with van der Waals surface area (Å²) in [6.45, 7) is 2.14. The van der Waals surface area contributed by atoms with Crippen molar-refractivity contribution in [1.29, 1.82) is 0 Å². The number of carboxylic acid groups (broad SMARTS) is 1. The van der Waals surface area contributed by atoms with Gasteiger partial charge in [-0.05, 0) is 5.92 Å². The van der Waals surface area contributed by atoms with Crippen LogP contribution in [-0.2, 0) is 24.0 Å². The number of rotatable bonds is 12. The van der Waals surface area contributed by atoms with Gasteiger partial charge in [0.1, 0.15) is 18.1 Å². The van der Waals surface area contributed by atoms with Gasteiger partial charge in [0.25, 0.3) is 0 Å². The van der Waals surface area contributed by atoms with Gasteiger partial charge >= 0.3 is 5.97 Å². The van der Waals surface area contributed by atoms with Gasteiger partial charge in [-0.15, -0.1) is 0 Å². The number of hydrogen-bond donors (Lipinski definition) is 7. The minimum Gasteiger partial charge on any atom is -0.480 e. The maximum atomic E-state index is 12.4. The Kier molecular flexibility index (Phi) is 10.6. The molecule has 0 bridgehead atoms. The molecule has 12 nitrogen and oxygen atoms in total. The molecule has 154 valence electrons. The monoisotopic (exact) mass is 389 g/mol. The van der Waals surface area contributed by atoms with E-state index in [9.17, 15) is 34.2 Å². The maximum absolute atomic E-state index is 12.4. The van der Waals surface area contributed by atoms with E-state index in [4.69, 9.17) is 11.5 Å². The summed E-state index contributed by atoms with van der Waals surface area (Å²) in [6, 6.07) is -4.13. The number of hydrogen-bond acceptors (Lipinski definition) is 7. The van der Waals surface area contributed by atoms with Crippen LogP contribution in [0.15, 0.2) is 0 Å². The zero-order chi connectivity index (χ0) is 21.1. The summed E-state index contributed by atoms with van der Waals surface area (Å²) >= 11 is 0. The number of aliphatic carboxylic acids is 1. The molecule has 9 N–H and O–H groups in total. The minimum atomic E-state index is -1.48. The number of carbonyl (C=O) groups excluding carboxylic acids is 4. The zero-order valence-corrected chi connectivity index (χ0v) is 15.2. The molecule has 0 saturated heterocycles. The van der Waals surface area contributed by atoms with E-state index < -0.39 is 73.2 Å². The van der Waals surface area contributed by atoms with Crippen LogP contribution in [0.4, 0.5) is 0 Å². The first-order chi connectivity index (χ1) is 12.6. The number of nitrogens with two attached hydrogens (primary N) is 2. The topological polar surface area (TPSA) is 214 Å². The van der Waals surface area contributed by atoms with Crippen LogP contribution in [0.25, 0.3) is 0 Å². The first-order valence-electron chi connectivity index (χ1n) is 8.29. The van der Waals surface area contributed by atoms with Crippen LogP contribution in [0.2, 0.25) is 0 Å². The molecule has 0 radical (unpaired) electrons. The molecule has 4 amide bonds. The summed E-state index contributed by atoms with van der Waals surface area (Å²) in [5, 5.41) is 25.0. The Hall–Kier alpha value is -2.73. The molecule has 12 heteroatoms. The Morgan fingerprint density at radius 1 is 1.00 bits per heavy atom. The third-order valence-electron chi connectivity index (χ3n) is 3.83. The molecule has 0 aromatic heterocycles. The molecule has 0 aliphatic carbocycles. The fourth-order valence-electron chi connectivity index (χ4n) is 2.07. The van der Waals surface area contributed by atoms with Crippen molar-refractivity contribution >= 4 is 29.6 Å². The molecule has 0 aliphatic rings. The predicted molar refractivity (Wildman–Crippen MR) is 92.8 cm³/mol. The minimum absolute atomic E-state index is 0.412. The van der Waals surface area contributed by atoms with Crippen molar-refractivity contribution in [3.8, 4) is 0 Å². The second kappa shape index (κ2) is 11.8. The third kappa shape index (κ3) is 8.46. The van der Waals surface area contributed by atoms with E-state index in [-0.39, 0.29) is 0 Å². The molecular formula is C15H27N5O7. The fraction of sp³-hybridized carbons (Fsp3) is 0.667. The first-order valence-corrected chi connectivity index (χ1v) is 8.29. The number of carbonyl (C=O) groups is 5. The van der Waals surface area contributed by atoms with E-state index in [0.717, 1.165) is 0 Å². The molecule has 4 atom stereocenters. The Morgan fingerprint density at radius 3 is 1.96 bits per heavy atom. The van der Waals surface area contributed by atoms with Crippen molar-refractivity contribution in [2.24, 2.45) is 17.4 Å². The number of aliphatic hydroxyl groups excluding tert-OH is 1. The lowest BCUT2D eigenvalue weighted by molar-refractivity contribution is -0.144. The molecule has 27 heavy (non-hydrogen) atoms. The summed E-state index contributed by atoms with van der Waals surface area (Å²) in [4.78, 5) is 58.3. The van der Waals surface area contributed by atoms with Crippen molar-refractivity contribution in [3.63, 3.8) is 0 Å². The average molecular weight is 389 g/mol. The van der Waals surface area contributed by atoms with Crippen LogP contribution in [0, 0.1) is 5.92 Å². The highest BCUT2D eigenvalue weighted by Crippen LogP contribution is 2.08. The molecule has 0 aromatic carbocycles. The Bertz CT molecular complexity index is 569. The van der Waals surface area contributed by atoms with E-state index >= 15 is 0 Å². The quantitative estimate of drug-likeness (QED) is 0.176. The van der Waals surface area contributed by atoms with Gasteiger partial charge in [-0.25, -0.2) is 4.79 Å². The van der Waals surface area contributed by atoms with Crippen molar-refractivity contribution in [1.82, 2.24) is 16.0 Å². The van der Waals surface area contributed by atoms with Gasteiger partial charge in [0.15, 0.2) is 0 Å². The molecule has 0 aromatic rings. The molecule has 0 heterocycles. The lowest BCUT2D eigenvalue weighted by atomic mass is 9.98. The number of nitrogens with one attached hydrogen (secondary N) is 3. The Balaban J connectivity index is 5.27. The van der Waals surface area contributed by atoms with Gasteiger partial charge in [-0.2, -0.15) is 0 Å². The number of carboxylic acids is 1. The lowest BCUT2D eigenvalue weighted by Gasteiger charge is -2.25. The maximum Gasteiger partial charge on any atom is 0.326 e. The van der Waals surface area contributed by atoms with Gasteiger partial charge in [0, 0.05) is 0 Å². The summed E-state index contributed by atoms with van der Waals surface area (Å²) in [5.74, 6) is -5.22. The highest BCUT2D eigenvalue weighted by Gasteiger charge is 2.32. The summed E-state index contributed by atoms with van der Waals surface area (Å²) < 4.78 is 0. The standard InChI is InChI=1S/C15H27N5O7/c1-3-7(2)12(15(26)27)20-13(24)8(4-10(17)22)19-14(25)9(6-21)18-11(23)5-16/h7-9,12,21H,3-6,16H2,1-2H3,(H2,17,22)(H,18,23)(H,19,25)(H,20,24)(H,26,27). The first kappa shape index (κ1) is 24.3. The van der Waals surface area contributed by atoms with E-state index in [1.807, 2.05) is 0 Å². The SMILES string of the molecule is CCC(C)C(NC(=O)C(CC(N)=O)NC(=O)C(CO)NC(=O)CN)C(=O)O. The van der Waals surface area contributed by atoms with Crippen LogP contribution in [0.3, 0.4) is 0 Å². The molecular weight excluding hydrogens is 362 g/mol. The van der Waals surface area contributed by atoms with Crippen LogP contribution in [0.5, 0.6) is 0 Å². The zero-order valence-electron chi connectivity index (χ0n) is 15.2. The van der Waals surface area contributed by atoms with Gasteiger partial charge in [-0.1, -0.05) is 20.3 Å². The molecule has 0 spiro atoms. The van der Waals surface area contributed by atoms with Crippen LogP contribution in [-0.4, -0.2) is 71.1 Å². The van der Waals surface area contributed by atoms with E-state index in [2.05, 4.69) is 16.0 Å². The smallest absolute Gasteiger partial charge is 0.326 e. The molecule has 0 fully saturated rings. The molecule has 0 saturated carbocycles. The number of primary amides is 1. The van der Waals surface area contributed by atoms with Crippen molar-refractivity contribution in [2.45, 2.75) is 44.8 Å². The summed E-state index contributed by atoms with van der Waals surface area (Å²) in [6.07, 6.45) is -0.144. The van der Waals surface area contributed by atoms with Crippen LogP contribution in [0.1, 0.15) is 26.7 Å². The van der Waals surface area contributed by atoms with Crippen LogP contribution >= 0.6 is 0 Å². The fourth-order valence-corrected chi connectivity index (χ4v) is 2.07. The van der Waals surface area contributed by atoms with Gasteiger partial charge in [0.05, 0.1) is 19.6 Å². The second-order valence-electron chi connectivity index (χ2n) is 5.95.